The summed E-state index contributed by atoms with van der Waals surface area (Å²) in [5, 5.41) is 4.32. The van der Waals surface area contributed by atoms with Gasteiger partial charge in [-0.1, -0.05) is 12.1 Å². The number of hydrogen-bond acceptors (Lipinski definition) is 5. The monoisotopic (exact) mass is 485 g/mol. The number of hydrogen-bond donors (Lipinski definition) is 0. The van der Waals surface area contributed by atoms with E-state index in [2.05, 4.69) is 69.0 Å². The Bertz CT molecular complexity index is 1080. The van der Waals surface area contributed by atoms with E-state index in [4.69, 9.17) is 4.74 Å². The van der Waals surface area contributed by atoms with Crippen LogP contribution in [0.3, 0.4) is 0 Å². The van der Waals surface area contributed by atoms with E-state index in [1.165, 1.54) is 0 Å². The summed E-state index contributed by atoms with van der Waals surface area (Å²) in [6.45, 7) is 11.3. The van der Waals surface area contributed by atoms with Crippen LogP contribution in [0.15, 0.2) is 47.3 Å². The van der Waals surface area contributed by atoms with Crippen molar-refractivity contribution < 1.29 is 9.53 Å². The molecule has 1 aliphatic heterocycles. The molecule has 1 aromatic carbocycles. The number of halogens is 1. The van der Waals surface area contributed by atoms with Crippen molar-refractivity contribution in [1.29, 1.82) is 0 Å². The molecule has 2 unspecified atom stereocenters. The fourth-order valence-corrected chi connectivity index (χ4v) is 4.50. The molecule has 3 aromatic rings. The molecule has 0 saturated carbocycles. The smallest absolute Gasteiger partial charge is 0.410 e. The van der Waals surface area contributed by atoms with Crippen LogP contribution in [0.5, 0.6) is 0 Å². The Hall–Kier alpha value is -2.61. The summed E-state index contributed by atoms with van der Waals surface area (Å²) in [4.78, 5) is 21.2. The Morgan fingerprint density at radius 3 is 2.32 bits per heavy atom. The maximum Gasteiger partial charge on any atom is 0.410 e. The summed E-state index contributed by atoms with van der Waals surface area (Å²) in [6, 6.07) is 8.85. The molecule has 0 bridgehead atoms. The van der Waals surface area contributed by atoms with E-state index in [1.807, 2.05) is 38.1 Å². The van der Waals surface area contributed by atoms with Crippen LogP contribution >= 0.6 is 15.9 Å². The number of nitrogens with zero attached hydrogens (tertiary/aromatic N) is 5. The van der Waals surface area contributed by atoms with Crippen LogP contribution in [0.4, 0.5) is 10.5 Å². The van der Waals surface area contributed by atoms with Gasteiger partial charge in [0.05, 0.1) is 10.7 Å². The Kier molecular flexibility index (Phi) is 5.68. The van der Waals surface area contributed by atoms with E-state index in [0.29, 0.717) is 13.1 Å². The summed E-state index contributed by atoms with van der Waals surface area (Å²) >= 11 is 3.46. The van der Waals surface area contributed by atoms with E-state index in [1.54, 1.807) is 10.7 Å². The van der Waals surface area contributed by atoms with Gasteiger partial charge in [-0.2, -0.15) is 5.10 Å². The molecular weight excluding hydrogens is 458 g/mol. The summed E-state index contributed by atoms with van der Waals surface area (Å²) in [5.74, 6) is 0. The highest BCUT2D eigenvalue weighted by molar-refractivity contribution is 9.10. The molecule has 31 heavy (non-hydrogen) atoms. The zero-order valence-electron chi connectivity index (χ0n) is 18.5. The zero-order chi connectivity index (χ0) is 22.3. The molecule has 1 amide bonds. The van der Waals surface area contributed by atoms with Gasteiger partial charge < -0.3 is 14.5 Å². The standard InChI is InChI=1S/C23H28BrN5O2/c1-15-12-27(22(30)31-23(3,4)5)13-16(2)29(15)19-8-6-17(7-9-19)18-10-25-21-20(24)11-26-28(21)14-18/h6-11,14-16H,12-13H2,1-5H3. The molecule has 2 aromatic heterocycles. The van der Waals surface area contributed by atoms with Crippen molar-refractivity contribution in [2.24, 2.45) is 0 Å². The molecule has 1 saturated heterocycles. The maximum absolute atomic E-state index is 12.5. The molecule has 0 N–H and O–H groups in total. The van der Waals surface area contributed by atoms with Crippen molar-refractivity contribution in [3.8, 4) is 11.1 Å². The molecule has 7 nitrogen and oxygen atoms in total. The van der Waals surface area contributed by atoms with E-state index in [0.717, 1.165) is 26.9 Å². The van der Waals surface area contributed by atoms with Gasteiger partial charge in [0.25, 0.3) is 0 Å². The molecular formula is C23H28BrN5O2. The molecule has 8 heteroatoms. The van der Waals surface area contributed by atoms with Crippen LogP contribution in [0.25, 0.3) is 16.8 Å². The first-order valence-corrected chi connectivity index (χ1v) is 11.3. The average Bonchev–Trinajstić information content (AvgIpc) is 3.07. The van der Waals surface area contributed by atoms with Crippen LogP contribution in [-0.4, -0.2) is 56.4 Å². The maximum atomic E-state index is 12.5. The predicted octanol–water partition coefficient (Wildman–Crippen LogP) is 4.99. The van der Waals surface area contributed by atoms with E-state index >= 15 is 0 Å². The van der Waals surface area contributed by atoms with Gasteiger partial charge in [-0.25, -0.2) is 14.3 Å². The lowest BCUT2D eigenvalue weighted by Crippen LogP contribution is -2.58. The first-order chi connectivity index (χ1) is 14.6. The van der Waals surface area contributed by atoms with Crippen LogP contribution in [0, 0.1) is 0 Å². The average molecular weight is 486 g/mol. The molecule has 4 rings (SSSR count). The van der Waals surface area contributed by atoms with Crippen LogP contribution in [0.2, 0.25) is 0 Å². The molecule has 3 heterocycles. The van der Waals surface area contributed by atoms with Gasteiger partial charge in [-0.15, -0.1) is 0 Å². The predicted molar refractivity (Wildman–Crippen MR) is 125 cm³/mol. The number of carbonyl (C=O) groups excluding carboxylic acids is 1. The number of ether oxygens (including phenoxy) is 1. The zero-order valence-corrected chi connectivity index (χ0v) is 20.1. The third-order valence-electron chi connectivity index (χ3n) is 5.38. The second kappa shape index (κ2) is 8.15. The summed E-state index contributed by atoms with van der Waals surface area (Å²) in [7, 11) is 0. The molecule has 1 aliphatic rings. The normalized spacial score (nSPS) is 19.7. The number of rotatable bonds is 2. The second-order valence-electron chi connectivity index (χ2n) is 9.14. The lowest BCUT2D eigenvalue weighted by Gasteiger charge is -2.45. The van der Waals surface area contributed by atoms with Crippen molar-refractivity contribution in [3.63, 3.8) is 0 Å². The number of amides is 1. The third-order valence-corrected chi connectivity index (χ3v) is 5.94. The highest BCUT2D eigenvalue weighted by atomic mass is 79.9. The van der Waals surface area contributed by atoms with E-state index in [9.17, 15) is 4.79 Å². The van der Waals surface area contributed by atoms with Gasteiger partial charge >= 0.3 is 6.09 Å². The van der Waals surface area contributed by atoms with Crippen molar-refractivity contribution in [1.82, 2.24) is 19.5 Å². The van der Waals surface area contributed by atoms with Gasteiger partial charge in [0.15, 0.2) is 5.65 Å². The first kappa shape index (κ1) is 21.6. The van der Waals surface area contributed by atoms with Crippen molar-refractivity contribution in [3.05, 3.63) is 47.3 Å². The topological polar surface area (TPSA) is 63.0 Å². The molecule has 0 spiro atoms. The molecule has 164 valence electrons. The quantitative estimate of drug-likeness (QED) is 0.511. The minimum Gasteiger partial charge on any atom is -0.444 e. The highest BCUT2D eigenvalue weighted by Gasteiger charge is 2.34. The summed E-state index contributed by atoms with van der Waals surface area (Å²) in [5.41, 5.74) is 3.54. The number of aromatic nitrogens is 3. The van der Waals surface area contributed by atoms with Crippen LogP contribution < -0.4 is 4.90 Å². The number of fused-ring (bicyclic) bond motifs is 1. The number of anilines is 1. The minimum absolute atomic E-state index is 0.182. The highest BCUT2D eigenvalue weighted by Crippen LogP contribution is 2.29. The van der Waals surface area contributed by atoms with Crippen molar-refractivity contribution >= 4 is 33.4 Å². The molecule has 0 radical (unpaired) electrons. The van der Waals surface area contributed by atoms with Gasteiger partial charge in [0.2, 0.25) is 0 Å². The van der Waals surface area contributed by atoms with Gasteiger partial charge in [-0.3, -0.25) is 0 Å². The number of piperazine rings is 1. The van der Waals surface area contributed by atoms with Crippen LogP contribution in [-0.2, 0) is 4.74 Å². The van der Waals surface area contributed by atoms with Gasteiger partial charge in [0, 0.05) is 48.8 Å². The van der Waals surface area contributed by atoms with Gasteiger partial charge in [0.1, 0.15) is 5.60 Å². The summed E-state index contributed by atoms with van der Waals surface area (Å²) < 4.78 is 8.21. The Morgan fingerprint density at radius 2 is 1.71 bits per heavy atom. The Labute approximate surface area is 191 Å². The number of benzene rings is 1. The Morgan fingerprint density at radius 1 is 1.06 bits per heavy atom. The largest absolute Gasteiger partial charge is 0.444 e. The molecule has 2 atom stereocenters. The minimum atomic E-state index is -0.485. The van der Waals surface area contributed by atoms with Gasteiger partial charge in [-0.05, 0) is 68.2 Å². The third kappa shape index (κ3) is 4.54. The van der Waals surface area contributed by atoms with Crippen molar-refractivity contribution in [2.45, 2.75) is 52.3 Å². The van der Waals surface area contributed by atoms with Crippen LogP contribution in [0.1, 0.15) is 34.6 Å². The summed E-state index contributed by atoms with van der Waals surface area (Å²) in [6.07, 6.45) is 5.35. The number of carbonyl (C=O) groups is 1. The Balaban J connectivity index is 1.50. The van der Waals surface area contributed by atoms with Crippen molar-refractivity contribution in [2.75, 3.05) is 18.0 Å². The SMILES string of the molecule is CC1CN(C(=O)OC(C)(C)C)CC(C)N1c1ccc(-c2cnc3c(Br)cnn3c2)cc1. The molecule has 0 aliphatic carbocycles. The second-order valence-corrected chi connectivity index (χ2v) is 10.00. The fourth-order valence-electron chi connectivity index (χ4n) is 4.13. The molecule has 1 fully saturated rings. The lowest BCUT2D eigenvalue weighted by molar-refractivity contribution is 0.0193. The van der Waals surface area contributed by atoms with E-state index < -0.39 is 5.60 Å². The lowest BCUT2D eigenvalue weighted by atomic mass is 10.0. The van der Waals surface area contributed by atoms with E-state index in [-0.39, 0.29) is 18.2 Å². The first-order valence-electron chi connectivity index (χ1n) is 10.5. The fraction of sp³-hybridized carbons (Fsp3) is 0.435.